The number of furan rings is 1. The van der Waals surface area contributed by atoms with Crippen LogP contribution in [0.2, 0.25) is 0 Å². The Morgan fingerprint density at radius 1 is 0.356 bits per heavy atom. The van der Waals surface area contributed by atoms with Crippen LogP contribution in [-0.4, -0.2) is 0 Å². The van der Waals surface area contributed by atoms with E-state index in [1.54, 1.807) is 72.8 Å². The van der Waals surface area contributed by atoms with E-state index in [1.165, 1.54) is 0 Å². The predicted octanol–water partition coefficient (Wildman–Crippen LogP) is 12.6. The van der Waals surface area contributed by atoms with Gasteiger partial charge in [0.2, 0.25) is 0 Å². The van der Waals surface area contributed by atoms with Gasteiger partial charge in [0.25, 0.3) is 0 Å². The summed E-state index contributed by atoms with van der Waals surface area (Å²) in [7, 11) is 0. The Morgan fingerprint density at radius 3 is 1.67 bits per heavy atom. The van der Waals surface area contributed by atoms with Crippen molar-refractivity contribution >= 4 is 43.5 Å². The lowest BCUT2D eigenvalue weighted by Crippen LogP contribution is -1.92. The second-order valence-corrected chi connectivity index (χ2v) is 10.5. The minimum Gasteiger partial charge on any atom is -0.456 e. The quantitative estimate of drug-likeness (QED) is 0.187. The van der Waals surface area contributed by atoms with Gasteiger partial charge >= 0.3 is 0 Å². The molecule has 0 amide bonds. The zero-order chi connectivity index (χ0) is 42.8. The molecule has 45 heavy (non-hydrogen) atoms. The van der Waals surface area contributed by atoms with Gasteiger partial charge in [-0.3, -0.25) is 0 Å². The number of hydrogen-bond acceptors (Lipinski definition) is 1. The SMILES string of the molecule is [2H]c1c([2H])c([2H])c(-c2c([2H])c([2H])c3c(oc4c([2H])c([2H])c(-c5c6ccccc6c(-c6c([2H])c([2H])c([2H])c([2H])c6-c6ccccc6)c6ccccc56)c([2H])c43)c2[2H])c([2H])c1[2H]. The van der Waals surface area contributed by atoms with E-state index in [4.69, 9.17) is 19.5 Å². The van der Waals surface area contributed by atoms with Crippen LogP contribution in [0.15, 0.2) is 174 Å². The fourth-order valence-corrected chi connectivity index (χ4v) is 6.00. The van der Waals surface area contributed by atoms with Crippen LogP contribution >= 0.6 is 0 Å². The Morgan fingerprint density at radius 2 is 0.956 bits per heavy atom. The van der Waals surface area contributed by atoms with Crippen LogP contribution in [0.3, 0.4) is 0 Å². The van der Waals surface area contributed by atoms with Crippen molar-refractivity contribution in [1.82, 2.24) is 0 Å². The molecule has 0 spiro atoms. The van der Waals surface area contributed by atoms with E-state index in [9.17, 15) is 5.48 Å². The molecule has 8 aromatic carbocycles. The van der Waals surface area contributed by atoms with Gasteiger partial charge in [-0.1, -0.05) is 145 Å². The molecule has 0 atom stereocenters. The van der Waals surface area contributed by atoms with Gasteiger partial charge in [0.1, 0.15) is 11.2 Å². The minimum atomic E-state index is -0.694. The monoisotopic (exact) mass is 587 g/mol. The second-order valence-electron chi connectivity index (χ2n) is 10.5. The lowest BCUT2D eigenvalue weighted by atomic mass is 9.83. The molecule has 0 aliphatic rings. The molecule has 0 radical (unpaired) electrons. The Hall–Kier alpha value is -5.92. The molecular formula is C44H28O. The molecule has 1 aromatic heterocycles. The Kier molecular flexibility index (Phi) is 3.39. The molecule has 1 heterocycles. The van der Waals surface area contributed by atoms with E-state index >= 15 is 0 Å². The first kappa shape index (κ1) is 14.7. The summed E-state index contributed by atoms with van der Waals surface area (Å²) in [5.74, 6) is 0. The highest BCUT2D eigenvalue weighted by atomic mass is 16.3. The van der Waals surface area contributed by atoms with Crippen LogP contribution in [-0.2, 0) is 0 Å². The fraction of sp³-hybridized carbons (Fsp3) is 0. The van der Waals surface area contributed by atoms with E-state index in [0.29, 0.717) is 38.2 Å². The highest BCUT2D eigenvalue weighted by molar-refractivity contribution is 6.23. The predicted molar refractivity (Wildman–Crippen MR) is 190 cm³/mol. The average molecular weight is 588 g/mol. The zero-order valence-corrected chi connectivity index (χ0v) is 23.4. The molecule has 210 valence electrons. The van der Waals surface area contributed by atoms with Crippen molar-refractivity contribution in [3.63, 3.8) is 0 Å². The molecule has 0 aliphatic carbocycles. The molecule has 0 aliphatic heterocycles. The molecule has 0 unspecified atom stereocenters. The summed E-state index contributed by atoms with van der Waals surface area (Å²) in [6, 6.07) is 15.3. The van der Waals surface area contributed by atoms with Crippen molar-refractivity contribution in [2.75, 3.05) is 0 Å². The van der Waals surface area contributed by atoms with E-state index < -0.39 is 83.6 Å². The lowest BCUT2D eigenvalue weighted by Gasteiger charge is -2.19. The molecule has 1 nitrogen and oxygen atoms in total. The van der Waals surface area contributed by atoms with E-state index in [2.05, 4.69) is 0 Å². The third-order valence-corrected chi connectivity index (χ3v) is 7.94. The number of benzene rings is 8. The van der Waals surface area contributed by atoms with Crippen molar-refractivity contribution in [2.24, 2.45) is 0 Å². The summed E-state index contributed by atoms with van der Waals surface area (Å²) in [5, 5.41) is 1.73. The van der Waals surface area contributed by atoms with Crippen LogP contribution < -0.4 is 0 Å². The van der Waals surface area contributed by atoms with Crippen LogP contribution in [0.5, 0.6) is 0 Å². The molecule has 0 saturated carbocycles. The maximum Gasteiger partial charge on any atom is 0.136 e. The Bertz CT molecular complexity index is 3290. The average Bonchev–Trinajstić information content (AvgIpc) is 3.67. The van der Waals surface area contributed by atoms with Crippen LogP contribution in [0, 0.1) is 0 Å². The maximum atomic E-state index is 9.75. The molecule has 9 aromatic rings. The van der Waals surface area contributed by atoms with Gasteiger partial charge in [-0.2, -0.15) is 0 Å². The van der Waals surface area contributed by atoms with Crippen LogP contribution in [0.1, 0.15) is 20.6 Å². The van der Waals surface area contributed by atoms with Crippen molar-refractivity contribution in [3.05, 3.63) is 169 Å². The first-order chi connectivity index (χ1) is 28.6. The van der Waals surface area contributed by atoms with Gasteiger partial charge < -0.3 is 4.42 Å². The van der Waals surface area contributed by atoms with Gasteiger partial charge in [0.05, 0.1) is 20.6 Å². The molecule has 9 rings (SSSR count). The summed E-state index contributed by atoms with van der Waals surface area (Å²) in [6.45, 7) is 0. The molecule has 1 heteroatoms. The number of fused-ring (bicyclic) bond motifs is 5. The van der Waals surface area contributed by atoms with E-state index in [0.717, 1.165) is 0 Å². The first-order valence-electron chi connectivity index (χ1n) is 21.7. The topological polar surface area (TPSA) is 13.1 Å². The van der Waals surface area contributed by atoms with Gasteiger partial charge in [-0.15, -0.1) is 0 Å². The zero-order valence-electron chi connectivity index (χ0n) is 38.4. The second kappa shape index (κ2) is 10.4. The smallest absolute Gasteiger partial charge is 0.136 e. The highest BCUT2D eigenvalue weighted by Gasteiger charge is 2.19. The van der Waals surface area contributed by atoms with Crippen molar-refractivity contribution < 1.29 is 25.0 Å². The Balaban J connectivity index is 1.42. The number of hydrogen-bond donors (Lipinski definition) is 0. The van der Waals surface area contributed by atoms with E-state index in [1.807, 2.05) is 6.07 Å². The van der Waals surface area contributed by atoms with Crippen LogP contribution in [0.25, 0.3) is 88.0 Å². The van der Waals surface area contributed by atoms with Crippen LogP contribution in [0.4, 0.5) is 0 Å². The summed E-state index contributed by atoms with van der Waals surface area (Å²) in [6.07, 6.45) is 0. The Labute approximate surface area is 282 Å². The summed E-state index contributed by atoms with van der Waals surface area (Å²) in [5.41, 5.74) is 0.335. The van der Waals surface area contributed by atoms with Gasteiger partial charge in [0, 0.05) is 10.8 Å². The van der Waals surface area contributed by atoms with Crippen molar-refractivity contribution in [2.45, 2.75) is 0 Å². The third-order valence-electron chi connectivity index (χ3n) is 7.94. The van der Waals surface area contributed by atoms with Gasteiger partial charge in [-0.25, -0.2) is 0 Å². The molecule has 0 bridgehead atoms. The lowest BCUT2D eigenvalue weighted by molar-refractivity contribution is 0.669. The van der Waals surface area contributed by atoms with Crippen molar-refractivity contribution in [3.8, 4) is 44.5 Å². The largest absolute Gasteiger partial charge is 0.456 e. The molecule has 0 N–H and O–H groups in total. The normalized spacial score (nSPS) is 16.2. The first-order valence-corrected chi connectivity index (χ1v) is 14.2. The van der Waals surface area contributed by atoms with Gasteiger partial charge in [0.15, 0.2) is 0 Å². The number of rotatable bonds is 4. The third kappa shape index (κ3) is 4.17. The summed E-state index contributed by atoms with van der Waals surface area (Å²) in [4.78, 5) is 0. The molecule has 0 saturated heterocycles. The maximum absolute atomic E-state index is 9.75. The fourth-order valence-electron chi connectivity index (χ4n) is 6.00. The highest BCUT2D eigenvalue weighted by Crippen LogP contribution is 2.46. The molecular weight excluding hydrogens is 544 g/mol. The van der Waals surface area contributed by atoms with Crippen molar-refractivity contribution in [1.29, 1.82) is 0 Å². The minimum absolute atomic E-state index is 0.0282. The van der Waals surface area contributed by atoms with Gasteiger partial charge in [-0.05, 0) is 90.2 Å². The van der Waals surface area contributed by atoms with E-state index in [-0.39, 0.29) is 56.8 Å². The molecule has 0 fully saturated rings. The summed E-state index contributed by atoms with van der Waals surface area (Å²) < 4.78 is 139. The summed E-state index contributed by atoms with van der Waals surface area (Å²) >= 11 is 0. The standard InChI is InChI=1S/C44H28O/c1-3-13-29(14-4-1)31-23-25-34-40-27-32(24-26-41(40)45-42(34)28-31)43-36-19-9-11-21-38(36)44(39-22-12-10-20-37(39)43)35-18-8-7-17-33(35)30-15-5-2-6-16-30/h1-28H/i1D,3D,4D,7D,8D,13D,14D,17D,18D,23D,24D,25D,26D,27D,28D.